The number of hydrogen-bond acceptors (Lipinski definition) is 3. The maximum atomic E-state index is 10.8. The molecule has 1 aromatic heterocycles. The number of halogens is 1. The number of carbonyl (C=O) groups excluding carboxylic acids is 1. The molecule has 0 spiro atoms. The van der Waals surface area contributed by atoms with Crippen molar-refractivity contribution in [3.8, 4) is 0 Å². The summed E-state index contributed by atoms with van der Waals surface area (Å²) in [6, 6.07) is 0. The van der Waals surface area contributed by atoms with Crippen molar-refractivity contribution in [3.63, 3.8) is 0 Å². The van der Waals surface area contributed by atoms with E-state index >= 15 is 0 Å². The van der Waals surface area contributed by atoms with E-state index in [1.165, 1.54) is 16.7 Å². The Morgan fingerprint density at radius 3 is 2.45 bits per heavy atom. The molecule has 0 unspecified atom stereocenters. The molecule has 58 valence electrons. The van der Waals surface area contributed by atoms with Crippen molar-refractivity contribution < 1.29 is 14.7 Å². The monoisotopic (exact) mass is 234 g/mol. The van der Waals surface area contributed by atoms with Crippen LogP contribution in [0.5, 0.6) is 0 Å². The molecule has 5 heteroatoms. The molecule has 0 saturated carbocycles. The van der Waals surface area contributed by atoms with Crippen LogP contribution < -0.4 is 0 Å². The Balaban J connectivity index is 3.02. The van der Waals surface area contributed by atoms with Crippen LogP contribution in [0.3, 0.4) is 0 Å². The number of hydrogen-bond donors (Lipinski definition) is 1. The molecule has 3 nitrogen and oxygen atoms in total. The number of thiophene rings is 1. The van der Waals surface area contributed by atoms with E-state index in [1.807, 2.05) is 0 Å². The molecule has 0 amide bonds. The summed E-state index contributed by atoms with van der Waals surface area (Å²) < 4.78 is 0.537. The summed E-state index contributed by atoms with van der Waals surface area (Å²) in [6.07, 6.45) is 0. The highest BCUT2D eigenvalue weighted by atomic mass is 79.9. The van der Waals surface area contributed by atoms with Crippen molar-refractivity contribution in [1.82, 2.24) is 0 Å². The van der Waals surface area contributed by atoms with Gasteiger partial charge < -0.3 is 5.11 Å². The van der Waals surface area contributed by atoms with Crippen LogP contribution in [0, 0.1) is 0 Å². The number of carboxylic acids is 1. The van der Waals surface area contributed by atoms with Gasteiger partial charge in [-0.2, -0.15) is 11.3 Å². The lowest BCUT2D eigenvalue weighted by Crippen LogP contribution is -2.11. The van der Waals surface area contributed by atoms with Gasteiger partial charge in [0.15, 0.2) is 0 Å². The molecule has 0 fully saturated rings. The first-order valence-electron chi connectivity index (χ1n) is 2.62. The molecular weight excluding hydrogens is 232 g/mol. The molecular formula is C6H3BrO3S. The zero-order valence-corrected chi connectivity index (χ0v) is 7.61. The van der Waals surface area contributed by atoms with Crippen molar-refractivity contribution in [2.45, 2.75) is 0 Å². The average Bonchev–Trinajstić information content (AvgIpc) is 2.33. The fourth-order valence-electron chi connectivity index (χ4n) is 0.559. The summed E-state index contributed by atoms with van der Waals surface area (Å²) in [5.74, 6) is -2.30. The lowest BCUT2D eigenvalue weighted by atomic mass is 10.2. The molecule has 0 radical (unpaired) electrons. The molecule has 1 heterocycles. The van der Waals surface area contributed by atoms with Crippen LogP contribution in [0.2, 0.25) is 0 Å². The first kappa shape index (κ1) is 8.42. The topological polar surface area (TPSA) is 54.4 Å². The van der Waals surface area contributed by atoms with Gasteiger partial charge in [-0.15, -0.1) is 0 Å². The third-order valence-corrected chi connectivity index (χ3v) is 2.76. The molecule has 0 aliphatic carbocycles. The van der Waals surface area contributed by atoms with E-state index in [9.17, 15) is 9.59 Å². The van der Waals surface area contributed by atoms with E-state index in [0.29, 0.717) is 4.47 Å². The first-order valence-corrected chi connectivity index (χ1v) is 4.36. The van der Waals surface area contributed by atoms with Crippen LogP contribution in [0.15, 0.2) is 15.2 Å². The number of rotatable bonds is 2. The molecule has 11 heavy (non-hydrogen) atoms. The fraction of sp³-hybridized carbons (Fsp3) is 0. The fourth-order valence-corrected chi connectivity index (χ4v) is 2.01. The molecule has 1 aromatic rings. The van der Waals surface area contributed by atoms with E-state index in [-0.39, 0.29) is 5.56 Å². The summed E-state index contributed by atoms with van der Waals surface area (Å²) in [4.78, 5) is 21.0. The van der Waals surface area contributed by atoms with Gasteiger partial charge in [0, 0.05) is 15.2 Å². The van der Waals surface area contributed by atoms with Gasteiger partial charge in [0.25, 0.3) is 5.78 Å². The second-order valence-corrected chi connectivity index (χ2v) is 3.37. The average molecular weight is 235 g/mol. The third kappa shape index (κ3) is 1.66. The standard InChI is InChI=1S/C6H3BrO3S/c7-4-2-11-1-3(4)5(8)6(9)10/h1-2H,(H,9,10). The lowest BCUT2D eigenvalue weighted by Gasteiger charge is -1.89. The number of aliphatic carboxylic acids is 1. The molecule has 0 saturated heterocycles. The van der Waals surface area contributed by atoms with Gasteiger partial charge in [-0.3, -0.25) is 4.79 Å². The smallest absolute Gasteiger partial charge is 0.377 e. The van der Waals surface area contributed by atoms with E-state index in [1.54, 1.807) is 5.38 Å². The zero-order chi connectivity index (χ0) is 8.43. The van der Waals surface area contributed by atoms with E-state index in [0.717, 1.165) is 0 Å². The maximum absolute atomic E-state index is 10.8. The van der Waals surface area contributed by atoms with Crippen molar-refractivity contribution >= 4 is 39.0 Å². The summed E-state index contributed by atoms with van der Waals surface area (Å²) in [5.41, 5.74) is 0.211. The van der Waals surface area contributed by atoms with Gasteiger partial charge in [0.1, 0.15) is 0 Å². The third-order valence-electron chi connectivity index (χ3n) is 1.05. The summed E-state index contributed by atoms with van der Waals surface area (Å²) in [6.45, 7) is 0. The number of carboxylic acid groups (broad SMARTS) is 1. The molecule has 0 aromatic carbocycles. The van der Waals surface area contributed by atoms with Crippen molar-refractivity contribution in [2.75, 3.05) is 0 Å². The summed E-state index contributed by atoms with van der Waals surface area (Å²) in [5, 5.41) is 11.5. The Bertz CT molecular complexity index is 305. The number of Topliss-reactive ketones (excluding diaryl/α,β-unsaturated/α-hetero) is 1. The second-order valence-electron chi connectivity index (χ2n) is 1.77. The summed E-state index contributed by atoms with van der Waals surface area (Å²) in [7, 11) is 0. The van der Waals surface area contributed by atoms with Gasteiger partial charge in [-0.05, 0) is 15.9 Å². The second kappa shape index (κ2) is 3.15. The van der Waals surface area contributed by atoms with Crippen LogP contribution in [-0.4, -0.2) is 16.9 Å². The Hall–Kier alpha value is -0.680. The highest BCUT2D eigenvalue weighted by Gasteiger charge is 2.17. The Morgan fingerprint density at radius 1 is 1.45 bits per heavy atom. The first-order chi connectivity index (χ1) is 5.13. The minimum Gasteiger partial charge on any atom is -0.475 e. The Morgan fingerprint density at radius 2 is 2.09 bits per heavy atom. The van der Waals surface area contributed by atoms with Gasteiger partial charge in [0.2, 0.25) is 0 Å². The minimum absolute atomic E-state index is 0.211. The van der Waals surface area contributed by atoms with Crippen molar-refractivity contribution in [2.24, 2.45) is 0 Å². The van der Waals surface area contributed by atoms with Crippen LogP contribution in [0.1, 0.15) is 10.4 Å². The van der Waals surface area contributed by atoms with Crippen LogP contribution in [-0.2, 0) is 4.79 Å². The largest absolute Gasteiger partial charge is 0.475 e. The van der Waals surface area contributed by atoms with E-state index < -0.39 is 11.8 Å². The SMILES string of the molecule is O=C(O)C(=O)c1cscc1Br. The molecule has 0 bridgehead atoms. The van der Waals surface area contributed by atoms with Gasteiger partial charge in [0.05, 0.1) is 5.56 Å². The highest BCUT2D eigenvalue weighted by Crippen LogP contribution is 2.21. The van der Waals surface area contributed by atoms with Gasteiger partial charge in [-0.25, -0.2) is 4.79 Å². The predicted molar refractivity (Wildman–Crippen MR) is 44.0 cm³/mol. The maximum Gasteiger partial charge on any atom is 0.377 e. The number of ketones is 1. The zero-order valence-electron chi connectivity index (χ0n) is 5.20. The Kier molecular flexibility index (Phi) is 2.41. The predicted octanol–water partition coefficient (Wildman–Crippen LogP) is 1.78. The number of carbonyl (C=O) groups is 2. The van der Waals surface area contributed by atoms with Crippen LogP contribution >= 0.6 is 27.3 Å². The van der Waals surface area contributed by atoms with Crippen LogP contribution in [0.25, 0.3) is 0 Å². The van der Waals surface area contributed by atoms with Gasteiger partial charge in [-0.1, -0.05) is 0 Å². The van der Waals surface area contributed by atoms with Gasteiger partial charge >= 0.3 is 5.97 Å². The highest BCUT2D eigenvalue weighted by molar-refractivity contribution is 9.10. The molecule has 1 rings (SSSR count). The minimum atomic E-state index is -1.43. The molecule has 0 aliphatic heterocycles. The van der Waals surface area contributed by atoms with E-state index in [4.69, 9.17) is 5.11 Å². The quantitative estimate of drug-likeness (QED) is 0.627. The van der Waals surface area contributed by atoms with E-state index in [2.05, 4.69) is 15.9 Å². The van der Waals surface area contributed by atoms with Crippen molar-refractivity contribution in [3.05, 3.63) is 20.8 Å². The Labute approximate surface area is 74.8 Å². The van der Waals surface area contributed by atoms with Crippen LogP contribution in [0.4, 0.5) is 0 Å². The molecule has 0 aliphatic rings. The molecule has 0 atom stereocenters. The molecule has 1 N–H and O–H groups in total. The normalized spacial score (nSPS) is 9.55. The lowest BCUT2D eigenvalue weighted by molar-refractivity contribution is -0.131. The summed E-state index contributed by atoms with van der Waals surface area (Å²) >= 11 is 4.34. The van der Waals surface area contributed by atoms with Crippen molar-refractivity contribution in [1.29, 1.82) is 0 Å².